The first-order chi connectivity index (χ1) is 17.0. The predicted molar refractivity (Wildman–Crippen MR) is 133 cm³/mol. The van der Waals surface area contributed by atoms with E-state index in [9.17, 15) is 29.4 Å². The van der Waals surface area contributed by atoms with Crippen LogP contribution in [-0.4, -0.2) is 92.5 Å². The molecule has 2 saturated heterocycles. The van der Waals surface area contributed by atoms with Gasteiger partial charge in [-0.2, -0.15) is 0 Å². The Morgan fingerprint density at radius 1 is 1.08 bits per heavy atom. The van der Waals surface area contributed by atoms with Crippen molar-refractivity contribution in [1.82, 2.24) is 15.1 Å². The zero-order valence-corrected chi connectivity index (χ0v) is 21.2. The van der Waals surface area contributed by atoms with Gasteiger partial charge in [0.2, 0.25) is 17.7 Å². The number of carbonyl (C=O) groups is 4. The standard InChI is InChI=1S/C26H38N4O6/c1-16(31)21(27)24(35)29-13-7-11-20(29)23(34)30-14-8-12-26(30,15-19-9-5-4-6-10-19)25(36)28-22(17(2)32)18(3)33/h4-6,9-10,16-17,20-22,31-32H,7-8,11-15,27H2,1-3H3,(H,28,36). The molecule has 0 spiro atoms. The van der Waals surface area contributed by atoms with E-state index in [1.165, 1.54) is 25.7 Å². The first-order valence-electron chi connectivity index (χ1n) is 12.6. The molecule has 2 heterocycles. The van der Waals surface area contributed by atoms with E-state index in [0.717, 1.165) is 5.56 Å². The molecule has 2 aliphatic heterocycles. The predicted octanol–water partition coefficient (Wildman–Crippen LogP) is -0.256. The summed E-state index contributed by atoms with van der Waals surface area (Å²) >= 11 is 0. The molecule has 1 aromatic carbocycles. The van der Waals surface area contributed by atoms with Crippen LogP contribution < -0.4 is 11.1 Å². The zero-order valence-electron chi connectivity index (χ0n) is 21.2. The number of hydrogen-bond donors (Lipinski definition) is 4. The quantitative estimate of drug-likeness (QED) is 0.363. The fraction of sp³-hybridized carbons (Fsp3) is 0.615. The monoisotopic (exact) mass is 502 g/mol. The minimum Gasteiger partial charge on any atom is -0.391 e. The van der Waals surface area contributed by atoms with Gasteiger partial charge in [0.15, 0.2) is 5.78 Å². The number of carbonyl (C=O) groups excluding carboxylic acids is 4. The maximum absolute atomic E-state index is 14.0. The molecule has 3 rings (SSSR count). The van der Waals surface area contributed by atoms with Gasteiger partial charge in [-0.15, -0.1) is 0 Å². The van der Waals surface area contributed by atoms with Crippen LogP contribution >= 0.6 is 0 Å². The Kier molecular flexibility index (Phi) is 8.86. The normalized spacial score (nSPS) is 25.2. The number of nitrogens with two attached hydrogens (primary N) is 1. The Morgan fingerprint density at radius 2 is 1.75 bits per heavy atom. The van der Waals surface area contributed by atoms with E-state index >= 15 is 0 Å². The molecule has 0 aliphatic carbocycles. The van der Waals surface area contributed by atoms with E-state index in [1.807, 2.05) is 30.3 Å². The average molecular weight is 503 g/mol. The Balaban J connectivity index is 1.96. The van der Waals surface area contributed by atoms with E-state index in [4.69, 9.17) is 5.73 Å². The molecule has 1 aromatic rings. The van der Waals surface area contributed by atoms with Gasteiger partial charge in [-0.1, -0.05) is 30.3 Å². The molecule has 5 N–H and O–H groups in total. The molecule has 0 aromatic heterocycles. The summed E-state index contributed by atoms with van der Waals surface area (Å²) < 4.78 is 0. The second-order valence-electron chi connectivity index (χ2n) is 10.0. The molecule has 36 heavy (non-hydrogen) atoms. The first-order valence-corrected chi connectivity index (χ1v) is 12.6. The summed E-state index contributed by atoms with van der Waals surface area (Å²) in [7, 11) is 0. The van der Waals surface area contributed by atoms with Crippen molar-refractivity contribution < 1.29 is 29.4 Å². The number of benzene rings is 1. The highest BCUT2D eigenvalue weighted by atomic mass is 16.3. The van der Waals surface area contributed by atoms with Crippen LogP contribution in [0.25, 0.3) is 0 Å². The molecule has 2 fully saturated rings. The van der Waals surface area contributed by atoms with Crippen molar-refractivity contribution in [2.75, 3.05) is 13.1 Å². The fourth-order valence-corrected chi connectivity index (χ4v) is 5.34. The Labute approximate surface area is 211 Å². The van der Waals surface area contributed by atoms with Crippen molar-refractivity contribution in [2.24, 2.45) is 5.73 Å². The summed E-state index contributed by atoms with van der Waals surface area (Å²) in [6.07, 6.45) is 0.0407. The number of likely N-dealkylation sites (tertiary alicyclic amines) is 2. The van der Waals surface area contributed by atoms with Gasteiger partial charge in [-0.25, -0.2) is 0 Å². The van der Waals surface area contributed by atoms with Crippen molar-refractivity contribution in [2.45, 2.75) is 88.7 Å². The van der Waals surface area contributed by atoms with Crippen LogP contribution in [0.3, 0.4) is 0 Å². The maximum Gasteiger partial charge on any atom is 0.246 e. The van der Waals surface area contributed by atoms with Gasteiger partial charge in [0.1, 0.15) is 23.7 Å². The minimum atomic E-state index is -1.29. The number of aliphatic hydroxyl groups excluding tert-OH is 2. The van der Waals surface area contributed by atoms with Crippen molar-refractivity contribution in [3.8, 4) is 0 Å². The van der Waals surface area contributed by atoms with E-state index in [1.54, 1.807) is 4.90 Å². The van der Waals surface area contributed by atoms with Crippen LogP contribution in [0.4, 0.5) is 0 Å². The second-order valence-corrected chi connectivity index (χ2v) is 10.0. The van der Waals surface area contributed by atoms with Gasteiger partial charge >= 0.3 is 0 Å². The fourth-order valence-electron chi connectivity index (χ4n) is 5.34. The van der Waals surface area contributed by atoms with E-state index in [0.29, 0.717) is 38.8 Å². The van der Waals surface area contributed by atoms with E-state index < -0.39 is 47.7 Å². The number of nitrogens with one attached hydrogen (secondary N) is 1. The molecule has 0 bridgehead atoms. The maximum atomic E-state index is 14.0. The number of rotatable bonds is 9. The largest absolute Gasteiger partial charge is 0.391 e. The first kappa shape index (κ1) is 27.8. The van der Waals surface area contributed by atoms with Crippen molar-refractivity contribution >= 4 is 23.5 Å². The number of Topliss-reactive ketones (excluding diaryl/α,β-unsaturated/α-hetero) is 1. The van der Waals surface area contributed by atoms with Gasteiger partial charge in [0.25, 0.3) is 0 Å². The van der Waals surface area contributed by atoms with Crippen LogP contribution in [0.15, 0.2) is 30.3 Å². The van der Waals surface area contributed by atoms with Gasteiger partial charge in [-0.3, -0.25) is 19.2 Å². The van der Waals surface area contributed by atoms with E-state index in [-0.39, 0.29) is 18.1 Å². The zero-order chi connectivity index (χ0) is 26.6. The average Bonchev–Trinajstić information content (AvgIpc) is 3.49. The third-order valence-corrected chi connectivity index (χ3v) is 7.35. The lowest BCUT2D eigenvalue weighted by Crippen LogP contribution is -2.64. The highest BCUT2D eigenvalue weighted by Gasteiger charge is 2.53. The molecule has 3 amide bonds. The van der Waals surface area contributed by atoms with Gasteiger partial charge in [0, 0.05) is 19.5 Å². The molecule has 0 radical (unpaired) electrons. The summed E-state index contributed by atoms with van der Waals surface area (Å²) in [5.74, 6) is -1.74. The van der Waals surface area contributed by atoms with Crippen LogP contribution in [0.1, 0.15) is 52.0 Å². The Hall–Kier alpha value is -2.82. The van der Waals surface area contributed by atoms with Crippen molar-refractivity contribution in [1.29, 1.82) is 0 Å². The number of aliphatic hydroxyl groups is 2. The van der Waals surface area contributed by atoms with Gasteiger partial charge < -0.3 is 31.1 Å². The van der Waals surface area contributed by atoms with Crippen LogP contribution in [0.5, 0.6) is 0 Å². The molecule has 0 saturated carbocycles. The molecule has 10 nitrogen and oxygen atoms in total. The number of hydrogen-bond acceptors (Lipinski definition) is 7. The third kappa shape index (κ3) is 5.61. The number of nitrogens with zero attached hydrogens (tertiary/aromatic N) is 2. The second kappa shape index (κ2) is 11.5. The lowest BCUT2D eigenvalue weighted by molar-refractivity contribution is -0.152. The summed E-state index contributed by atoms with van der Waals surface area (Å²) in [4.78, 5) is 55.8. The Morgan fingerprint density at radius 3 is 2.33 bits per heavy atom. The number of amides is 3. The summed E-state index contributed by atoms with van der Waals surface area (Å²) in [5.41, 5.74) is 5.44. The molecular weight excluding hydrogens is 464 g/mol. The minimum absolute atomic E-state index is 0.226. The Bertz CT molecular complexity index is 968. The van der Waals surface area contributed by atoms with E-state index in [2.05, 4.69) is 5.32 Å². The molecular formula is C26H38N4O6. The third-order valence-electron chi connectivity index (χ3n) is 7.35. The van der Waals surface area contributed by atoms with Crippen LogP contribution in [0, 0.1) is 0 Å². The molecule has 10 heteroatoms. The van der Waals surface area contributed by atoms with Gasteiger partial charge in [-0.05, 0) is 52.0 Å². The van der Waals surface area contributed by atoms with Crippen LogP contribution in [0.2, 0.25) is 0 Å². The van der Waals surface area contributed by atoms with Crippen LogP contribution in [-0.2, 0) is 25.6 Å². The summed E-state index contributed by atoms with van der Waals surface area (Å²) in [6.45, 7) is 4.82. The molecule has 2 aliphatic rings. The molecule has 6 unspecified atom stereocenters. The topological polar surface area (TPSA) is 153 Å². The summed E-state index contributed by atoms with van der Waals surface area (Å²) in [5, 5.41) is 22.6. The van der Waals surface area contributed by atoms with Crippen molar-refractivity contribution in [3.63, 3.8) is 0 Å². The van der Waals surface area contributed by atoms with Crippen molar-refractivity contribution in [3.05, 3.63) is 35.9 Å². The lowest BCUT2D eigenvalue weighted by Gasteiger charge is -2.41. The molecule has 198 valence electrons. The highest BCUT2D eigenvalue weighted by Crippen LogP contribution is 2.36. The number of ketones is 1. The molecule has 6 atom stereocenters. The smallest absolute Gasteiger partial charge is 0.246 e. The highest BCUT2D eigenvalue weighted by molar-refractivity contribution is 5.98. The lowest BCUT2D eigenvalue weighted by atomic mass is 9.86. The summed E-state index contributed by atoms with van der Waals surface area (Å²) in [6, 6.07) is 6.29. The van der Waals surface area contributed by atoms with Gasteiger partial charge in [0.05, 0.1) is 12.2 Å². The SMILES string of the molecule is CC(=O)C(NC(=O)C1(Cc2ccccc2)CCCN1C(=O)C1CCCN1C(=O)C(N)C(C)O)C(C)O.